The van der Waals surface area contributed by atoms with Gasteiger partial charge >= 0.3 is 0 Å². The van der Waals surface area contributed by atoms with Crippen LogP contribution in [0.25, 0.3) is 0 Å². The van der Waals surface area contributed by atoms with Gasteiger partial charge in [0.15, 0.2) is 0 Å². The molecular formula is C15H19NO. The van der Waals surface area contributed by atoms with Gasteiger partial charge in [0.1, 0.15) is 5.60 Å². The summed E-state index contributed by atoms with van der Waals surface area (Å²) in [4.78, 5) is 2.41. The molecule has 1 aromatic carbocycles. The van der Waals surface area contributed by atoms with Crippen LogP contribution < -0.4 is 0 Å². The van der Waals surface area contributed by atoms with Crippen LogP contribution in [-0.2, 0) is 4.74 Å². The second kappa shape index (κ2) is 3.97. The number of hydrogen-bond donors (Lipinski definition) is 0. The van der Waals surface area contributed by atoms with E-state index in [0.29, 0.717) is 6.04 Å². The molecule has 17 heavy (non-hydrogen) atoms. The van der Waals surface area contributed by atoms with E-state index < -0.39 is 0 Å². The number of likely N-dealkylation sites (tertiary alicyclic amines) is 1. The Balaban J connectivity index is 2.01. The van der Waals surface area contributed by atoms with Crippen molar-refractivity contribution < 1.29 is 4.74 Å². The van der Waals surface area contributed by atoms with Gasteiger partial charge < -0.3 is 4.74 Å². The molecule has 2 atom stereocenters. The van der Waals surface area contributed by atoms with Gasteiger partial charge in [0.05, 0.1) is 12.6 Å². The molecule has 0 aromatic heterocycles. The van der Waals surface area contributed by atoms with E-state index >= 15 is 0 Å². The Morgan fingerprint density at radius 2 is 2.06 bits per heavy atom. The van der Waals surface area contributed by atoms with Crippen LogP contribution in [0.2, 0.25) is 0 Å². The predicted molar refractivity (Wildman–Crippen MR) is 68.9 cm³/mol. The lowest BCUT2D eigenvalue weighted by Crippen LogP contribution is -2.34. The van der Waals surface area contributed by atoms with Crippen LogP contribution in [0.3, 0.4) is 0 Å². The van der Waals surface area contributed by atoms with Gasteiger partial charge in [-0.05, 0) is 37.6 Å². The van der Waals surface area contributed by atoms with E-state index in [1.54, 1.807) is 0 Å². The lowest BCUT2D eigenvalue weighted by molar-refractivity contribution is -0.00120. The quantitative estimate of drug-likeness (QED) is 0.687. The van der Waals surface area contributed by atoms with Crippen LogP contribution in [0.5, 0.6) is 0 Å². The molecule has 1 fully saturated rings. The van der Waals surface area contributed by atoms with Crippen molar-refractivity contribution >= 4 is 0 Å². The Morgan fingerprint density at radius 3 is 2.71 bits per heavy atom. The molecule has 2 aliphatic rings. The van der Waals surface area contributed by atoms with Gasteiger partial charge in [-0.2, -0.15) is 0 Å². The smallest absolute Gasteiger partial charge is 0.108 e. The molecule has 1 aromatic rings. The second-order valence-electron chi connectivity index (χ2n) is 5.28. The number of ether oxygens (including phenoxy) is 1. The van der Waals surface area contributed by atoms with E-state index in [0.717, 1.165) is 19.6 Å². The molecule has 0 radical (unpaired) electrons. The third-order valence-electron chi connectivity index (χ3n) is 3.93. The van der Waals surface area contributed by atoms with E-state index in [9.17, 15) is 0 Å². The summed E-state index contributed by atoms with van der Waals surface area (Å²) in [7, 11) is 2.19. The van der Waals surface area contributed by atoms with Crippen molar-refractivity contribution in [3.05, 3.63) is 47.5 Å². The topological polar surface area (TPSA) is 12.5 Å². The maximum atomic E-state index is 6.12. The zero-order valence-corrected chi connectivity index (χ0v) is 10.5. The van der Waals surface area contributed by atoms with Crippen LogP contribution in [0.4, 0.5) is 0 Å². The summed E-state index contributed by atoms with van der Waals surface area (Å²) in [5, 5.41) is 0. The summed E-state index contributed by atoms with van der Waals surface area (Å²) in [6.07, 6.45) is 3.44. The third kappa shape index (κ3) is 1.72. The largest absolute Gasteiger partial charge is 0.365 e. The highest BCUT2D eigenvalue weighted by Crippen LogP contribution is 2.46. The van der Waals surface area contributed by atoms with Crippen molar-refractivity contribution in [1.29, 1.82) is 0 Å². The molecule has 2 aliphatic heterocycles. The molecule has 2 nitrogen and oxygen atoms in total. The van der Waals surface area contributed by atoms with Gasteiger partial charge in [-0.15, -0.1) is 0 Å². The van der Waals surface area contributed by atoms with Gasteiger partial charge in [0.2, 0.25) is 0 Å². The van der Waals surface area contributed by atoms with Crippen molar-refractivity contribution in [2.45, 2.75) is 25.0 Å². The summed E-state index contributed by atoms with van der Waals surface area (Å²) in [6.45, 7) is 4.05. The highest BCUT2D eigenvalue weighted by Gasteiger charge is 2.48. The van der Waals surface area contributed by atoms with Gasteiger partial charge in [-0.1, -0.05) is 30.3 Å². The van der Waals surface area contributed by atoms with Gasteiger partial charge in [-0.25, -0.2) is 0 Å². The maximum Gasteiger partial charge on any atom is 0.108 e. The molecule has 90 valence electrons. The van der Waals surface area contributed by atoms with E-state index in [2.05, 4.69) is 55.3 Å². The zero-order valence-electron chi connectivity index (χ0n) is 10.5. The van der Waals surface area contributed by atoms with Gasteiger partial charge in [-0.3, -0.25) is 4.90 Å². The second-order valence-corrected chi connectivity index (χ2v) is 5.28. The Labute approximate surface area is 103 Å². The molecule has 2 heteroatoms. The molecule has 1 saturated heterocycles. The average molecular weight is 229 g/mol. The van der Waals surface area contributed by atoms with E-state index in [1.165, 1.54) is 11.1 Å². The van der Waals surface area contributed by atoms with Crippen LogP contribution in [0, 0.1) is 0 Å². The Bertz CT molecular complexity index is 439. The van der Waals surface area contributed by atoms with Crippen LogP contribution >= 0.6 is 0 Å². The highest BCUT2D eigenvalue weighted by atomic mass is 16.5. The van der Waals surface area contributed by atoms with Gasteiger partial charge in [0, 0.05) is 6.54 Å². The first-order chi connectivity index (χ1) is 8.21. The fourth-order valence-corrected chi connectivity index (χ4v) is 3.21. The van der Waals surface area contributed by atoms with Crippen LogP contribution in [0.1, 0.15) is 24.9 Å². The normalized spacial score (nSPS) is 33.3. The van der Waals surface area contributed by atoms with Crippen LogP contribution in [-0.4, -0.2) is 30.7 Å². The SMILES string of the molecule is CC1=CC2(CCN(C)C2c2ccccc2)OC1. The Hall–Kier alpha value is -1.12. The van der Waals surface area contributed by atoms with E-state index in [4.69, 9.17) is 4.74 Å². The molecule has 3 rings (SSSR count). The fraction of sp³-hybridized carbons (Fsp3) is 0.467. The number of rotatable bonds is 1. The minimum Gasteiger partial charge on any atom is -0.365 e. The average Bonchev–Trinajstić information content (AvgIpc) is 2.85. The summed E-state index contributed by atoms with van der Waals surface area (Å²) >= 11 is 0. The molecule has 0 bridgehead atoms. The van der Waals surface area contributed by atoms with E-state index in [-0.39, 0.29) is 5.60 Å². The summed E-state index contributed by atoms with van der Waals surface area (Å²) in [6, 6.07) is 11.1. The van der Waals surface area contributed by atoms with Crippen LogP contribution in [0.15, 0.2) is 42.0 Å². The minimum atomic E-state index is -0.0831. The molecule has 2 unspecified atom stereocenters. The first-order valence-electron chi connectivity index (χ1n) is 6.29. The molecular weight excluding hydrogens is 210 g/mol. The maximum absolute atomic E-state index is 6.12. The monoisotopic (exact) mass is 229 g/mol. The fourth-order valence-electron chi connectivity index (χ4n) is 3.21. The molecule has 0 amide bonds. The first kappa shape index (κ1) is 11.0. The van der Waals surface area contributed by atoms with Crippen molar-refractivity contribution in [1.82, 2.24) is 4.90 Å². The van der Waals surface area contributed by atoms with E-state index in [1.807, 2.05) is 0 Å². The van der Waals surface area contributed by atoms with Gasteiger partial charge in [0.25, 0.3) is 0 Å². The molecule has 0 saturated carbocycles. The Kier molecular flexibility index (Phi) is 2.57. The molecule has 2 heterocycles. The van der Waals surface area contributed by atoms with Crippen molar-refractivity contribution in [3.8, 4) is 0 Å². The molecule has 0 aliphatic carbocycles. The lowest BCUT2D eigenvalue weighted by Gasteiger charge is -2.32. The molecule has 1 spiro atoms. The van der Waals surface area contributed by atoms with Crippen molar-refractivity contribution in [3.63, 3.8) is 0 Å². The van der Waals surface area contributed by atoms with Crippen molar-refractivity contribution in [2.75, 3.05) is 20.2 Å². The summed E-state index contributed by atoms with van der Waals surface area (Å²) in [5.74, 6) is 0. The zero-order chi connectivity index (χ0) is 11.9. The summed E-state index contributed by atoms with van der Waals surface area (Å²) < 4.78 is 6.12. The van der Waals surface area contributed by atoms with Crippen molar-refractivity contribution in [2.24, 2.45) is 0 Å². The number of likely N-dealkylation sites (N-methyl/N-ethyl adjacent to an activating group) is 1. The standard InChI is InChI=1S/C15H19NO/c1-12-10-15(17-11-12)8-9-16(2)14(15)13-6-4-3-5-7-13/h3-7,10,14H,8-9,11H2,1-2H3. The highest BCUT2D eigenvalue weighted by molar-refractivity contribution is 5.31. The third-order valence-corrected chi connectivity index (χ3v) is 3.93. The number of hydrogen-bond acceptors (Lipinski definition) is 2. The lowest BCUT2D eigenvalue weighted by atomic mass is 9.88. The number of nitrogens with zero attached hydrogens (tertiary/aromatic N) is 1. The summed E-state index contributed by atoms with van der Waals surface area (Å²) in [5.41, 5.74) is 2.64. The number of benzene rings is 1. The Morgan fingerprint density at radius 1 is 1.29 bits per heavy atom. The molecule has 0 N–H and O–H groups in total. The first-order valence-corrected chi connectivity index (χ1v) is 6.29. The predicted octanol–water partition coefficient (Wildman–Crippen LogP) is 2.78. The minimum absolute atomic E-state index is 0.0831.